The maximum absolute atomic E-state index is 11.6. The highest BCUT2D eigenvalue weighted by molar-refractivity contribution is 7.80. The number of aldehydes is 1. The van der Waals surface area contributed by atoms with Gasteiger partial charge in [-0.15, -0.1) is 0 Å². The lowest BCUT2D eigenvalue weighted by molar-refractivity contribution is -0.152. The topological polar surface area (TPSA) is 80.5 Å². The van der Waals surface area contributed by atoms with Crippen LogP contribution >= 0.6 is 12.6 Å². The van der Waals surface area contributed by atoms with Crippen molar-refractivity contribution in [3.8, 4) is 0 Å². The minimum Gasteiger partial charge on any atom is -0.301 e. The van der Waals surface area contributed by atoms with E-state index in [2.05, 4.69) is 12.6 Å². The Hall–Kier alpha value is -0.880. The number of nitrogens with zero attached hydrogens (tertiary/aromatic N) is 1. The van der Waals surface area contributed by atoms with Crippen LogP contribution in [-0.4, -0.2) is 34.4 Å². The third-order valence-corrected chi connectivity index (χ3v) is 2.91. The summed E-state index contributed by atoms with van der Waals surface area (Å²) in [5.74, 6) is -0.837. The fourth-order valence-corrected chi connectivity index (χ4v) is 1.76. The van der Waals surface area contributed by atoms with Crippen LogP contribution in [0.1, 0.15) is 25.7 Å². The molecule has 1 fully saturated rings. The zero-order valence-corrected chi connectivity index (χ0v) is 9.20. The van der Waals surface area contributed by atoms with E-state index in [0.29, 0.717) is 19.1 Å². The molecule has 0 bridgehead atoms. The van der Waals surface area contributed by atoms with Gasteiger partial charge in [0, 0.05) is 18.6 Å². The number of carbonyl (C=O) groups excluding carboxylic acids is 3. The second kappa shape index (κ2) is 4.76. The van der Waals surface area contributed by atoms with Gasteiger partial charge in [-0.05, 0) is 12.8 Å². The molecule has 0 aromatic heterocycles. The molecule has 15 heavy (non-hydrogen) atoms. The fraction of sp³-hybridized carbons (Fsp3) is 0.667. The van der Waals surface area contributed by atoms with Crippen LogP contribution in [0, 0.1) is 0 Å². The zero-order chi connectivity index (χ0) is 11.5. The van der Waals surface area contributed by atoms with Gasteiger partial charge in [0.2, 0.25) is 11.8 Å². The van der Waals surface area contributed by atoms with Crippen LogP contribution in [0.5, 0.6) is 0 Å². The number of hydrogen-bond donors (Lipinski definition) is 2. The van der Waals surface area contributed by atoms with E-state index in [4.69, 9.17) is 5.73 Å². The van der Waals surface area contributed by atoms with Crippen molar-refractivity contribution in [2.75, 3.05) is 5.75 Å². The number of thiol groups is 1. The van der Waals surface area contributed by atoms with Crippen LogP contribution < -0.4 is 5.73 Å². The van der Waals surface area contributed by atoms with Gasteiger partial charge in [0.25, 0.3) is 0 Å². The first-order chi connectivity index (χ1) is 7.05. The van der Waals surface area contributed by atoms with Crippen molar-refractivity contribution in [3.05, 3.63) is 0 Å². The van der Waals surface area contributed by atoms with E-state index in [-0.39, 0.29) is 30.4 Å². The molecule has 0 spiro atoms. The predicted molar refractivity (Wildman–Crippen MR) is 57.2 cm³/mol. The fourth-order valence-electron chi connectivity index (χ4n) is 1.54. The van der Waals surface area contributed by atoms with Gasteiger partial charge >= 0.3 is 0 Å². The molecule has 6 heteroatoms. The summed E-state index contributed by atoms with van der Waals surface area (Å²) in [4.78, 5) is 34.9. The summed E-state index contributed by atoms with van der Waals surface area (Å²) in [6.07, 6.45) is 2.23. The first-order valence-corrected chi connectivity index (χ1v) is 5.40. The van der Waals surface area contributed by atoms with Crippen LogP contribution in [-0.2, 0) is 14.4 Å². The Morgan fingerprint density at radius 2 is 1.80 bits per heavy atom. The maximum atomic E-state index is 11.6. The van der Waals surface area contributed by atoms with Crippen molar-refractivity contribution in [3.63, 3.8) is 0 Å². The van der Waals surface area contributed by atoms with Crippen molar-refractivity contribution >= 4 is 30.7 Å². The lowest BCUT2D eigenvalue weighted by Crippen LogP contribution is -2.62. The molecule has 1 saturated heterocycles. The number of imide groups is 1. The average molecular weight is 230 g/mol. The number of amides is 2. The van der Waals surface area contributed by atoms with E-state index in [1.54, 1.807) is 0 Å². The Balaban J connectivity index is 3.01. The molecule has 1 aliphatic heterocycles. The molecule has 0 aliphatic carbocycles. The van der Waals surface area contributed by atoms with Gasteiger partial charge in [-0.25, -0.2) is 0 Å². The van der Waals surface area contributed by atoms with Crippen molar-refractivity contribution in [2.24, 2.45) is 5.73 Å². The number of carbonyl (C=O) groups is 3. The minimum atomic E-state index is -1.60. The quantitative estimate of drug-likeness (QED) is 0.396. The average Bonchev–Trinajstić information content (AvgIpc) is 2.39. The van der Waals surface area contributed by atoms with Crippen molar-refractivity contribution < 1.29 is 14.4 Å². The number of likely N-dealkylation sites (tertiary alicyclic amines) is 1. The molecule has 2 amide bonds. The van der Waals surface area contributed by atoms with E-state index in [0.717, 1.165) is 4.90 Å². The Bertz CT molecular complexity index is 277. The molecular formula is C9H14N2O3S. The summed E-state index contributed by atoms with van der Waals surface area (Å²) in [5.41, 5.74) is 4.07. The molecule has 5 nitrogen and oxygen atoms in total. The van der Waals surface area contributed by atoms with Crippen molar-refractivity contribution in [1.82, 2.24) is 4.90 Å². The molecule has 1 rings (SSSR count). The summed E-state index contributed by atoms with van der Waals surface area (Å²) < 4.78 is 0. The standard InChI is InChI=1S/C9H14N2O3S/c10-9(5-12,6-15)11-7(13)3-1-2-4-8(11)14/h5,15H,1-4,6,10H2/t9-/m1/s1. The number of nitrogens with two attached hydrogens (primary N) is 1. The van der Waals surface area contributed by atoms with E-state index in [1.165, 1.54) is 0 Å². The SMILES string of the molecule is N[C@@](C=O)(CS)N1C(=O)CCCCC1=O. The van der Waals surface area contributed by atoms with Crippen molar-refractivity contribution in [1.29, 1.82) is 0 Å². The summed E-state index contributed by atoms with van der Waals surface area (Å²) >= 11 is 3.91. The molecular weight excluding hydrogens is 216 g/mol. The number of rotatable bonds is 3. The maximum Gasteiger partial charge on any atom is 0.231 e. The van der Waals surface area contributed by atoms with E-state index < -0.39 is 5.66 Å². The molecule has 84 valence electrons. The molecule has 1 aliphatic rings. The predicted octanol–water partition coefficient (Wildman–Crippen LogP) is -0.301. The van der Waals surface area contributed by atoms with E-state index in [1.807, 2.05) is 0 Å². The molecule has 1 heterocycles. The second-order valence-electron chi connectivity index (χ2n) is 3.60. The van der Waals surface area contributed by atoms with Gasteiger partial charge in [0.15, 0.2) is 11.9 Å². The Kier molecular flexibility index (Phi) is 3.87. The lowest BCUT2D eigenvalue weighted by Gasteiger charge is -2.33. The highest BCUT2D eigenvalue weighted by Gasteiger charge is 2.39. The van der Waals surface area contributed by atoms with E-state index in [9.17, 15) is 14.4 Å². The summed E-state index contributed by atoms with van der Waals surface area (Å²) in [6, 6.07) is 0. The van der Waals surface area contributed by atoms with Gasteiger partial charge in [0.05, 0.1) is 0 Å². The highest BCUT2D eigenvalue weighted by atomic mass is 32.1. The molecule has 1 atom stereocenters. The smallest absolute Gasteiger partial charge is 0.231 e. The van der Waals surface area contributed by atoms with Crippen LogP contribution in [0.2, 0.25) is 0 Å². The van der Waals surface area contributed by atoms with Crippen LogP contribution in [0.25, 0.3) is 0 Å². The summed E-state index contributed by atoms with van der Waals surface area (Å²) in [7, 11) is 0. The Labute approximate surface area is 93.4 Å². The van der Waals surface area contributed by atoms with Crippen LogP contribution in [0.4, 0.5) is 0 Å². The van der Waals surface area contributed by atoms with Gasteiger partial charge < -0.3 is 5.73 Å². The lowest BCUT2D eigenvalue weighted by atomic mass is 10.2. The van der Waals surface area contributed by atoms with Gasteiger partial charge in [0.1, 0.15) is 0 Å². The first kappa shape index (κ1) is 12.2. The molecule has 0 radical (unpaired) electrons. The highest BCUT2D eigenvalue weighted by Crippen LogP contribution is 2.19. The summed E-state index contributed by atoms with van der Waals surface area (Å²) in [5, 5.41) is 0. The zero-order valence-electron chi connectivity index (χ0n) is 8.31. The second-order valence-corrected chi connectivity index (χ2v) is 3.91. The van der Waals surface area contributed by atoms with E-state index >= 15 is 0 Å². The molecule has 0 aromatic rings. The van der Waals surface area contributed by atoms with Gasteiger partial charge in [-0.3, -0.25) is 19.3 Å². The Morgan fingerprint density at radius 3 is 2.13 bits per heavy atom. The van der Waals surface area contributed by atoms with Crippen molar-refractivity contribution in [2.45, 2.75) is 31.3 Å². The van der Waals surface area contributed by atoms with Crippen LogP contribution in [0.3, 0.4) is 0 Å². The molecule has 0 aromatic carbocycles. The third-order valence-electron chi connectivity index (χ3n) is 2.40. The molecule has 2 N–H and O–H groups in total. The van der Waals surface area contributed by atoms with Gasteiger partial charge in [-0.2, -0.15) is 12.6 Å². The normalized spacial score (nSPS) is 22.1. The monoisotopic (exact) mass is 230 g/mol. The molecule has 0 saturated carbocycles. The first-order valence-electron chi connectivity index (χ1n) is 4.77. The molecule has 0 unspecified atom stereocenters. The van der Waals surface area contributed by atoms with Gasteiger partial charge in [-0.1, -0.05) is 0 Å². The summed E-state index contributed by atoms with van der Waals surface area (Å²) in [6.45, 7) is 0. The van der Waals surface area contributed by atoms with Crippen LogP contribution in [0.15, 0.2) is 0 Å². The Morgan fingerprint density at radius 1 is 1.33 bits per heavy atom. The largest absolute Gasteiger partial charge is 0.301 e. The third kappa shape index (κ3) is 2.38. The number of hydrogen-bond acceptors (Lipinski definition) is 5. The minimum absolute atomic E-state index is 0.0615.